The van der Waals surface area contributed by atoms with Gasteiger partial charge in [0, 0.05) is 5.92 Å². The van der Waals surface area contributed by atoms with Crippen LogP contribution >= 0.6 is 0 Å². The van der Waals surface area contributed by atoms with Crippen LogP contribution in [0.15, 0.2) is 22.8 Å². The van der Waals surface area contributed by atoms with E-state index in [0.717, 1.165) is 31.1 Å². The summed E-state index contributed by atoms with van der Waals surface area (Å²) < 4.78 is 0. The summed E-state index contributed by atoms with van der Waals surface area (Å²) in [5.74, 6) is 0.508. The summed E-state index contributed by atoms with van der Waals surface area (Å²) in [6.07, 6.45) is 6.05. The molecule has 1 N–H and O–H groups in total. The average molecular weight is 234 g/mol. The number of allylic oxidation sites excluding steroid dienone is 3. The van der Waals surface area contributed by atoms with Gasteiger partial charge in [0.15, 0.2) is 0 Å². The number of carbonyl (C=O) groups is 1. The van der Waals surface area contributed by atoms with Gasteiger partial charge in [0.05, 0.1) is 6.61 Å². The number of rotatable bonds is 2. The molecule has 0 fully saturated rings. The van der Waals surface area contributed by atoms with E-state index in [0.29, 0.717) is 11.3 Å². The Hall–Kier alpha value is -0.890. The predicted molar refractivity (Wildman–Crippen MR) is 68.5 cm³/mol. The first-order valence-corrected chi connectivity index (χ1v) is 6.46. The van der Waals surface area contributed by atoms with Gasteiger partial charge in [0.2, 0.25) is 0 Å². The second-order valence-corrected chi connectivity index (χ2v) is 6.35. The molecule has 0 amide bonds. The average Bonchev–Trinajstić information content (AvgIpc) is 2.52. The van der Waals surface area contributed by atoms with Crippen LogP contribution in [0.25, 0.3) is 0 Å². The quantitative estimate of drug-likeness (QED) is 0.746. The zero-order chi connectivity index (χ0) is 12.6. The summed E-state index contributed by atoms with van der Waals surface area (Å²) in [5.41, 5.74) is 3.96. The highest BCUT2D eigenvalue weighted by Gasteiger charge is 2.35. The molecule has 2 unspecified atom stereocenters. The SMILES string of the molecule is CC1CC(CO)C(C=O)=CC2=C1CC(C)(C)C2. The van der Waals surface area contributed by atoms with E-state index in [4.69, 9.17) is 0 Å². The molecule has 17 heavy (non-hydrogen) atoms. The Balaban J connectivity index is 2.36. The molecule has 0 aromatic carbocycles. The molecule has 0 aromatic heterocycles. The summed E-state index contributed by atoms with van der Waals surface area (Å²) in [6, 6.07) is 0. The lowest BCUT2D eigenvalue weighted by Crippen LogP contribution is -2.15. The number of aldehydes is 1. The molecule has 2 heteroatoms. The minimum Gasteiger partial charge on any atom is -0.396 e. The standard InChI is InChI=1S/C15H22O2/c1-10-4-12(8-16)13(9-17)5-11-6-15(2,3)7-14(10)11/h5,9-10,12,16H,4,6-8H2,1-3H3. The lowest BCUT2D eigenvalue weighted by molar-refractivity contribution is -0.105. The van der Waals surface area contributed by atoms with Crippen LogP contribution in [0.5, 0.6) is 0 Å². The third-order valence-electron chi connectivity index (χ3n) is 4.15. The van der Waals surface area contributed by atoms with E-state index in [1.165, 1.54) is 11.1 Å². The highest BCUT2D eigenvalue weighted by atomic mass is 16.3. The largest absolute Gasteiger partial charge is 0.396 e. The highest BCUT2D eigenvalue weighted by Crippen LogP contribution is 2.47. The molecule has 2 nitrogen and oxygen atoms in total. The van der Waals surface area contributed by atoms with Gasteiger partial charge < -0.3 is 5.11 Å². The first kappa shape index (κ1) is 12.6. The molecule has 0 heterocycles. The second-order valence-electron chi connectivity index (χ2n) is 6.35. The molecule has 0 aliphatic heterocycles. The zero-order valence-electron chi connectivity index (χ0n) is 11.0. The maximum absolute atomic E-state index is 11.1. The summed E-state index contributed by atoms with van der Waals surface area (Å²) in [7, 11) is 0. The van der Waals surface area contributed by atoms with E-state index in [2.05, 4.69) is 20.8 Å². The molecule has 2 atom stereocenters. The van der Waals surface area contributed by atoms with Crippen LogP contribution in [0, 0.1) is 17.3 Å². The Labute approximate surface area is 103 Å². The van der Waals surface area contributed by atoms with Gasteiger partial charge in [-0.1, -0.05) is 32.4 Å². The first-order valence-electron chi connectivity index (χ1n) is 6.46. The van der Waals surface area contributed by atoms with Crippen LogP contribution in [0.1, 0.15) is 40.0 Å². The number of aliphatic hydroxyl groups excluding tert-OH is 1. The van der Waals surface area contributed by atoms with Crippen molar-refractivity contribution in [3.8, 4) is 0 Å². The fraction of sp³-hybridized carbons (Fsp3) is 0.667. The Morgan fingerprint density at radius 1 is 1.47 bits per heavy atom. The van der Waals surface area contributed by atoms with Gasteiger partial charge in [-0.05, 0) is 41.7 Å². The van der Waals surface area contributed by atoms with Gasteiger partial charge in [0.25, 0.3) is 0 Å². The lowest BCUT2D eigenvalue weighted by atomic mass is 9.83. The molecule has 2 rings (SSSR count). The topological polar surface area (TPSA) is 37.3 Å². The predicted octanol–water partition coefficient (Wildman–Crippen LogP) is 2.88. The minimum atomic E-state index is 0.0243. The van der Waals surface area contributed by atoms with E-state index < -0.39 is 0 Å². The maximum atomic E-state index is 11.1. The van der Waals surface area contributed by atoms with Gasteiger partial charge in [-0.2, -0.15) is 0 Å². The normalized spacial score (nSPS) is 31.9. The van der Waals surface area contributed by atoms with Crippen LogP contribution in [-0.4, -0.2) is 18.0 Å². The molecular weight excluding hydrogens is 212 g/mol. The van der Waals surface area contributed by atoms with Crippen molar-refractivity contribution in [1.29, 1.82) is 0 Å². The molecule has 0 saturated heterocycles. The van der Waals surface area contributed by atoms with E-state index in [1.807, 2.05) is 6.08 Å². The fourth-order valence-electron chi connectivity index (χ4n) is 3.29. The van der Waals surface area contributed by atoms with Crippen molar-refractivity contribution in [2.45, 2.75) is 40.0 Å². The number of hydrogen-bond donors (Lipinski definition) is 1. The smallest absolute Gasteiger partial charge is 0.146 e. The maximum Gasteiger partial charge on any atom is 0.146 e. The lowest BCUT2D eigenvalue weighted by Gasteiger charge is -2.22. The van der Waals surface area contributed by atoms with Crippen LogP contribution in [0.4, 0.5) is 0 Å². The Bertz CT molecular complexity index is 388. The van der Waals surface area contributed by atoms with Gasteiger partial charge in [-0.15, -0.1) is 0 Å². The van der Waals surface area contributed by atoms with Crippen LogP contribution < -0.4 is 0 Å². The van der Waals surface area contributed by atoms with Crippen molar-refractivity contribution >= 4 is 6.29 Å². The van der Waals surface area contributed by atoms with Crippen LogP contribution in [0.2, 0.25) is 0 Å². The van der Waals surface area contributed by atoms with Gasteiger partial charge in [0.1, 0.15) is 6.29 Å². The van der Waals surface area contributed by atoms with E-state index in [1.54, 1.807) is 0 Å². The number of carbonyl (C=O) groups excluding carboxylic acids is 1. The monoisotopic (exact) mass is 234 g/mol. The molecule has 94 valence electrons. The fourth-order valence-corrected chi connectivity index (χ4v) is 3.29. The Morgan fingerprint density at radius 2 is 2.18 bits per heavy atom. The summed E-state index contributed by atoms with van der Waals surface area (Å²) in [5, 5.41) is 9.38. The van der Waals surface area contributed by atoms with E-state index in [-0.39, 0.29) is 12.5 Å². The molecule has 0 radical (unpaired) electrons. The van der Waals surface area contributed by atoms with Crippen molar-refractivity contribution in [3.63, 3.8) is 0 Å². The molecule has 0 spiro atoms. The molecule has 2 aliphatic rings. The third-order valence-corrected chi connectivity index (χ3v) is 4.15. The van der Waals surface area contributed by atoms with Gasteiger partial charge >= 0.3 is 0 Å². The van der Waals surface area contributed by atoms with Crippen molar-refractivity contribution < 1.29 is 9.90 Å². The number of aliphatic hydroxyl groups is 1. The summed E-state index contributed by atoms with van der Waals surface area (Å²) in [6.45, 7) is 6.87. The molecule has 0 aromatic rings. The van der Waals surface area contributed by atoms with Crippen molar-refractivity contribution in [1.82, 2.24) is 0 Å². The molecule has 2 aliphatic carbocycles. The van der Waals surface area contributed by atoms with Crippen molar-refractivity contribution in [2.24, 2.45) is 17.3 Å². The van der Waals surface area contributed by atoms with Crippen LogP contribution in [-0.2, 0) is 4.79 Å². The Kier molecular flexibility index (Phi) is 3.26. The molecule has 0 bridgehead atoms. The molecule has 0 saturated carbocycles. The second kappa shape index (κ2) is 4.41. The van der Waals surface area contributed by atoms with Gasteiger partial charge in [-0.3, -0.25) is 4.79 Å². The van der Waals surface area contributed by atoms with E-state index in [9.17, 15) is 9.90 Å². The Morgan fingerprint density at radius 3 is 2.76 bits per heavy atom. The number of hydrogen-bond acceptors (Lipinski definition) is 2. The molecular formula is C15H22O2. The van der Waals surface area contributed by atoms with Crippen molar-refractivity contribution in [3.05, 3.63) is 22.8 Å². The highest BCUT2D eigenvalue weighted by molar-refractivity contribution is 5.75. The first-order chi connectivity index (χ1) is 7.96. The van der Waals surface area contributed by atoms with Crippen molar-refractivity contribution in [2.75, 3.05) is 6.61 Å². The summed E-state index contributed by atoms with van der Waals surface area (Å²) in [4.78, 5) is 11.1. The minimum absolute atomic E-state index is 0.0243. The van der Waals surface area contributed by atoms with E-state index >= 15 is 0 Å². The third kappa shape index (κ3) is 2.37. The van der Waals surface area contributed by atoms with Gasteiger partial charge in [-0.25, -0.2) is 0 Å². The van der Waals surface area contributed by atoms with Crippen LogP contribution in [0.3, 0.4) is 0 Å². The zero-order valence-corrected chi connectivity index (χ0v) is 11.0. The summed E-state index contributed by atoms with van der Waals surface area (Å²) >= 11 is 0.